The molecular formula is C29H31N3O5S. The molecule has 3 amide bonds. The van der Waals surface area contributed by atoms with Crippen molar-refractivity contribution in [2.45, 2.75) is 37.1 Å². The Hall–Kier alpha value is -3.98. The van der Waals surface area contributed by atoms with E-state index in [2.05, 4.69) is 10.6 Å². The Bertz CT molecular complexity index is 1330. The summed E-state index contributed by atoms with van der Waals surface area (Å²) in [6, 6.07) is 19.4. The fraction of sp³-hybridized carbons (Fsp3) is 0.276. The minimum absolute atomic E-state index is 0.0347. The molecule has 0 bridgehead atoms. The van der Waals surface area contributed by atoms with Gasteiger partial charge in [0, 0.05) is 28.9 Å². The number of urea groups is 1. The molecule has 198 valence electrons. The third-order valence-electron chi connectivity index (χ3n) is 6.48. The number of aromatic carboxylic acids is 1. The third kappa shape index (κ3) is 6.86. The van der Waals surface area contributed by atoms with Crippen molar-refractivity contribution in [2.24, 2.45) is 0 Å². The zero-order valence-corrected chi connectivity index (χ0v) is 22.2. The monoisotopic (exact) mass is 533 g/mol. The molecule has 1 atom stereocenters. The van der Waals surface area contributed by atoms with E-state index < -0.39 is 5.97 Å². The lowest BCUT2D eigenvalue weighted by molar-refractivity contribution is -0.130. The number of para-hydroxylation sites is 1. The summed E-state index contributed by atoms with van der Waals surface area (Å²) in [7, 11) is 1.53. The molecule has 0 radical (unpaired) electrons. The number of amides is 3. The average Bonchev–Trinajstić information content (AvgIpc) is 3.39. The van der Waals surface area contributed by atoms with E-state index in [1.54, 1.807) is 42.1 Å². The van der Waals surface area contributed by atoms with Crippen molar-refractivity contribution in [1.82, 2.24) is 4.90 Å². The van der Waals surface area contributed by atoms with E-state index in [4.69, 9.17) is 4.74 Å². The van der Waals surface area contributed by atoms with Crippen molar-refractivity contribution >= 4 is 41.0 Å². The van der Waals surface area contributed by atoms with E-state index in [9.17, 15) is 19.5 Å². The molecule has 0 aliphatic carbocycles. The van der Waals surface area contributed by atoms with Gasteiger partial charge in [-0.3, -0.25) is 4.79 Å². The number of nitrogens with one attached hydrogen (secondary N) is 2. The van der Waals surface area contributed by atoms with Crippen LogP contribution in [-0.4, -0.2) is 53.4 Å². The molecule has 38 heavy (non-hydrogen) atoms. The van der Waals surface area contributed by atoms with Crippen molar-refractivity contribution < 1.29 is 24.2 Å². The number of benzene rings is 3. The van der Waals surface area contributed by atoms with Crippen LogP contribution >= 0.6 is 11.8 Å². The fourth-order valence-electron chi connectivity index (χ4n) is 4.46. The number of ether oxygens (including phenoxy) is 1. The normalized spacial score (nSPS) is 14.7. The summed E-state index contributed by atoms with van der Waals surface area (Å²) >= 11 is 1.57. The smallest absolute Gasteiger partial charge is 0.335 e. The van der Waals surface area contributed by atoms with Crippen LogP contribution in [0.25, 0.3) is 0 Å². The van der Waals surface area contributed by atoms with E-state index in [0.29, 0.717) is 23.7 Å². The summed E-state index contributed by atoms with van der Waals surface area (Å²) < 4.78 is 5.49. The Kier molecular flexibility index (Phi) is 8.91. The number of carbonyl (C=O) groups excluding carboxylic acids is 2. The quantitative estimate of drug-likeness (QED) is 0.306. The molecule has 3 aromatic carbocycles. The summed E-state index contributed by atoms with van der Waals surface area (Å²) in [5, 5.41) is 14.9. The van der Waals surface area contributed by atoms with Crippen LogP contribution in [0.15, 0.2) is 71.6 Å². The number of nitrogens with zero attached hydrogens (tertiary/aromatic N) is 1. The molecule has 1 unspecified atom stereocenters. The zero-order chi connectivity index (χ0) is 27.1. The maximum Gasteiger partial charge on any atom is 0.335 e. The zero-order valence-electron chi connectivity index (χ0n) is 21.4. The Labute approximate surface area is 226 Å². The molecule has 1 fully saturated rings. The SMILES string of the molecule is COc1cc(CC(=O)N2CCCC2CSc2cccc(C(=O)O)c2)ccc1NC(=O)Nc1ccccc1C. The molecule has 1 saturated heterocycles. The number of carbonyl (C=O) groups is 3. The van der Waals surface area contributed by atoms with Gasteiger partial charge in [0.1, 0.15) is 5.75 Å². The highest BCUT2D eigenvalue weighted by Gasteiger charge is 2.29. The molecule has 4 rings (SSSR count). The highest BCUT2D eigenvalue weighted by atomic mass is 32.2. The number of carboxylic acids is 1. The average molecular weight is 534 g/mol. The first kappa shape index (κ1) is 27.1. The Morgan fingerprint density at radius 2 is 1.82 bits per heavy atom. The van der Waals surface area contributed by atoms with Gasteiger partial charge in [-0.05, 0) is 67.3 Å². The van der Waals surface area contributed by atoms with Gasteiger partial charge in [0.15, 0.2) is 0 Å². The van der Waals surface area contributed by atoms with Crippen LogP contribution in [0.2, 0.25) is 0 Å². The van der Waals surface area contributed by atoms with Gasteiger partial charge in [-0.1, -0.05) is 30.3 Å². The van der Waals surface area contributed by atoms with E-state index >= 15 is 0 Å². The number of hydrogen-bond acceptors (Lipinski definition) is 5. The summed E-state index contributed by atoms with van der Waals surface area (Å²) in [4.78, 5) is 39.8. The third-order valence-corrected chi connectivity index (χ3v) is 7.62. The number of methoxy groups -OCH3 is 1. The molecule has 1 heterocycles. The fourth-order valence-corrected chi connectivity index (χ4v) is 5.58. The summed E-state index contributed by atoms with van der Waals surface area (Å²) in [6.07, 6.45) is 2.08. The van der Waals surface area contributed by atoms with Crippen molar-refractivity contribution in [2.75, 3.05) is 30.0 Å². The van der Waals surface area contributed by atoms with Crippen LogP contribution < -0.4 is 15.4 Å². The maximum absolute atomic E-state index is 13.2. The largest absolute Gasteiger partial charge is 0.495 e. The minimum atomic E-state index is -0.950. The molecular weight excluding hydrogens is 502 g/mol. The number of likely N-dealkylation sites (tertiary alicyclic amines) is 1. The minimum Gasteiger partial charge on any atom is -0.495 e. The number of aryl methyl sites for hydroxylation is 1. The molecule has 3 N–H and O–H groups in total. The van der Waals surface area contributed by atoms with Crippen LogP contribution in [0.1, 0.15) is 34.3 Å². The van der Waals surface area contributed by atoms with Crippen LogP contribution in [-0.2, 0) is 11.2 Å². The van der Waals surface area contributed by atoms with Crippen LogP contribution in [0.3, 0.4) is 0 Å². The Morgan fingerprint density at radius 1 is 1.03 bits per heavy atom. The molecule has 3 aromatic rings. The highest BCUT2D eigenvalue weighted by molar-refractivity contribution is 7.99. The van der Waals surface area contributed by atoms with Crippen LogP contribution in [0.5, 0.6) is 5.75 Å². The van der Waals surface area contributed by atoms with Crippen molar-refractivity contribution in [3.63, 3.8) is 0 Å². The lowest BCUT2D eigenvalue weighted by atomic mass is 10.1. The van der Waals surface area contributed by atoms with Gasteiger partial charge in [-0.25, -0.2) is 9.59 Å². The van der Waals surface area contributed by atoms with Crippen molar-refractivity contribution in [1.29, 1.82) is 0 Å². The topological polar surface area (TPSA) is 108 Å². The van der Waals surface area contributed by atoms with Gasteiger partial charge in [0.25, 0.3) is 0 Å². The predicted molar refractivity (Wildman–Crippen MR) is 149 cm³/mol. The molecule has 8 nitrogen and oxygen atoms in total. The number of anilines is 2. The van der Waals surface area contributed by atoms with E-state index in [1.165, 1.54) is 7.11 Å². The second kappa shape index (κ2) is 12.5. The van der Waals surface area contributed by atoms with E-state index in [1.807, 2.05) is 48.2 Å². The van der Waals surface area contributed by atoms with Gasteiger partial charge < -0.3 is 25.4 Å². The Morgan fingerprint density at radius 3 is 2.58 bits per heavy atom. The molecule has 1 aliphatic heterocycles. The van der Waals surface area contributed by atoms with Crippen LogP contribution in [0.4, 0.5) is 16.2 Å². The number of carboxylic acid groups (broad SMARTS) is 1. The van der Waals surface area contributed by atoms with E-state index in [-0.39, 0.29) is 30.0 Å². The van der Waals surface area contributed by atoms with Gasteiger partial charge in [-0.15, -0.1) is 11.8 Å². The van der Waals surface area contributed by atoms with Gasteiger partial charge in [-0.2, -0.15) is 0 Å². The number of hydrogen-bond donors (Lipinski definition) is 3. The Balaban J connectivity index is 1.36. The lowest BCUT2D eigenvalue weighted by Gasteiger charge is -2.25. The number of thioether (sulfide) groups is 1. The molecule has 0 saturated carbocycles. The maximum atomic E-state index is 13.2. The second-order valence-electron chi connectivity index (χ2n) is 9.13. The lowest BCUT2D eigenvalue weighted by Crippen LogP contribution is -2.38. The number of rotatable bonds is 9. The van der Waals surface area contributed by atoms with Crippen LogP contribution in [0, 0.1) is 6.92 Å². The molecule has 1 aliphatic rings. The molecule has 0 aromatic heterocycles. The van der Waals surface area contributed by atoms with Gasteiger partial charge in [0.2, 0.25) is 5.91 Å². The first-order valence-corrected chi connectivity index (χ1v) is 13.4. The highest BCUT2D eigenvalue weighted by Crippen LogP contribution is 2.29. The first-order valence-electron chi connectivity index (χ1n) is 12.4. The second-order valence-corrected chi connectivity index (χ2v) is 10.2. The van der Waals surface area contributed by atoms with Crippen molar-refractivity contribution in [3.8, 4) is 5.75 Å². The summed E-state index contributed by atoms with van der Waals surface area (Å²) in [5.41, 5.74) is 3.24. The predicted octanol–water partition coefficient (Wildman–Crippen LogP) is 5.67. The van der Waals surface area contributed by atoms with E-state index in [0.717, 1.165) is 34.6 Å². The first-order chi connectivity index (χ1) is 18.3. The summed E-state index contributed by atoms with van der Waals surface area (Å²) in [5.74, 6) is 0.264. The molecule has 9 heteroatoms. The van der Waals surface area contributed by atoms with Gasteiger partial charge >= 0.3 is 12.0 Å². The van der Waals surface area contributed by atoms with Gasteiger partial charge in [0.05, 0.1) is 24.8 Å². The standard InChI is InChI=1S/C29H31N3O5S/c1-19-7-3-4-11-24(19)30-29(36)31-25-13-12-20(15-26(25)37-2)16-27(33)32-14-6-9-22(32)18-38-23-10-5-8-21(17-23)28(34)35/h3-5,7-8,10-13,15,17,22H,6,9,14,16,18H2,1-2H3,(H,34,35)(H2,30,31,36). The molecule has 0 spiro atoms. The summed E-state index contributed by atoms with van der Waals surface area (Å²) in [6.45, 7) is 2.62. The van der Waals surface area contributed by atoms with Crippen molar-refractivity contribution in [3.05, 3.63) is 83.4 Å².